The lowest BCUT2D eigenvalue weighted by atomic mass is 10.0. The molecule has 0 aromatic rings. The van der Waals surface area contributed by atoms with Gasteiger partial charge in [-0.05, 0) is 43.4 Å². The van der Waals surface area contributed by atoms with Crippen molar-refractivity contribution in [1.82, 2.24) is 4.90 Å². The molecule has 0 aromatic heterocycles. The Morgan fingerprint density at radius 2 is 1.59 bits per heavy atom. The van der Waals surface area contributed by atoms with E-state index < -0.39 is 0 Å². The summed E-state index contributed by atoms with van der Waals surface area (Å²) in [6.07, 6.45) is 5.19. The third-order valence-electron chi connectivity index (χ3n) is 3.67. The van der Waals surface area contributed by atoms with E-state index in [1.165, 1.54) is 25.7 Å². The second kappa shape index (κ2) is 6.05. The second-order valence-corrected chi connectivity index (χ2v) is 5.90. The number of nitrogens with two attached hydrogens (primary N) is 1. The van der Waals surface area contributed by atoms with Gasteiger partial charge in [0.25, 0.3) is 0 Å². The highest BCUT2D eigenvalue weighted by molar-refractivity contribution is 5.85. The van der Waals surface area contributed by atoms with Crippen molar-refractivity contribution >= 4 is 18.3 Å². The lowest BCUT2D eigenvalue weighted by molar-refractivity contribution is -0.134. The fourth-order valence-corrected chi connectivity index (χ4v) is 1.97. The van der Waals surface area contributed by atoms with Crippen LogP contribution in [0.4, 0.5) is 0 Å². The van der Waals surface area contributed by atoms with Crippen molar-refractivity contribution in [3.05, 3.63) is 0 Å². The summed E-state index contributed by atoms with van der Waals surface area (Å²) >= 11 is 0. The van der Waals surface area contributed by atoms with Crippen LogP contribution in [-0.2, 0) is 4.79 Å². The van der Waals surface area contributed by atoms with E-state index in [1.807, 2.05) is 18.7 Å². The Bertz CT molecular complexity index is 248. The summed E-state index contributed by atoms with van der Waals surface area (Å²) in [5, 5.41) is 0. The van der Waals surface area contributed by atoms with E-state index in [2.05, 4.69) is 0 Å². The highest BCUT2D eigenvalue weighted by atomic mass is 35.5. The zero-order valence-corrected chi connectivity index (χ0v) is 11.7. The Balaban J connectivity index is 0.00000144. The maximum Gasteiger partial charge on any atom is 0.239 e. The third-order valence-corrected chi connectivity index (χ3v) is 3.67. The molecule has 0 radical (unpaired) electrons. The second-order valence-electron chi connectivity index (χ2n) is 5.90. The molecule has 0 aliphatic heterocycles. The molecule has 0 saturated heterocycles. The van der Waals surface area contributed by atoms with Gasteiger partial charge in [-0.1, -0.05) is 13.8 Å². The SMILES string of the molecule is CC(C)C(N)C(=O)N(CC1CC1)CC1CC1.Cl. The molecular weight excluding hydrogens is 236 g/mol. The number of nitrogens with zero attached hydrogens (tertiary/aromatic N) is 1. The monoisotopic (exact) mass is 260 g/mol. The first-order valence-electron chi connectivity index (χ1n) is 6.62. The number of carbonyl (C=O) groups is 1. The number of carbonyl (C=O) groups excluding carboxylic acids is 1. The largest absolute Gasteiger partial charge is 0.341 e. The first kappa shape index (κ1) is 14.8. The molecule has 0 bridgehead atoms. The summed E-state index contributed by atoms with van der Waals surface area (Å²) in [6.45, 7) is 5.95. The van der Waals surface area contributed by atoms with Crippen molar-refractivity contribution in [2.75, 3.05) is 13.1 Å². The van der Waals surface area contributed by atoms with Crippen LogP contribution in [0, 0.1) is 17.8 Å². The Labute approximate surface area is 111 Å². The molecule has 2 N–H and O–H groups in total. The molecule has 2 aliphatic rings. The molecule has 17 heavy (non-hydrogen) atoms. The van der Waals surface area contributed by atoms with Crippen molar-refractivity contribution < 1.29 is 4.79 Å². The molecule has 100 valence electrons. The molecule has 3 nitrogen and oxygen atoms in total. The number of hydrogen-bond donors (Lipinski definition) is 1. The molecule has 1 unspecified atom stereocenters. The van der Waals surface area contributed by atoms with E-state index in [1.54, 1.807) is 0 Å². The number of hydrogen-bond acceptors (Lipinski definition) is 2. The first-order chi connectivity index (χ1) is 7.58. The molecule has 0 heterocycles. The van der Waals surface area contributed by atoms with E-state index in [0.717, 1.165) is 24.9 Å². The molecule has 2 saturated carbocycles. The summed E-state index contributed by atoms with van der Waals surface area (Å²) in [5.74, 6) is 1.95. The quantitative estimate of drug-likeness (QED) is 0.795. The summed E-state index contributed by atoms with van der Waals surface area (Å²) in [5.41, 5.74) is 5.96. The number of rotatable bonds is 6. The smallest absolute Gasteiger partial charge is 0.239 e. The van der Waals surface area contributed by atoms with Crippen LogP contribution in [0.5, 0.6) is 0 Å². The van der Waals surface area contributed by atoms with Gasteiger partial charge >= 0.3 is 0 Å². The van der Waals surface area contributed by atoms with Crippen LogP contribution in [0.25, 0.3) is 0 Å². The van der Waals surface area contributed by atoms with Crippen LogP contribution in [0.1, 0.15) is 39.5 Å². The molecule has 4 heteroatoms. The van der Waals surface area contributed by atoms with Crippen LogP contribution in [-0.4, -0.2) is 29.9 Å². The average Bonchev–Trinajstić information content (AvgIpc) is 3.08. The summed E-state index contributed by atoms with van der Waals surface area (Å²) < 4.78 is 0. The van der Waals surface area contributed by atoms with Crippen molar-refractivity contribution in [1.29, 1.82) is 0 Å². The molecule has 0 aromatic carbocycles. The number of amides is 1. The van der Waals surface area contributed by atoms with Crippen molar-refractivity contribution in [3.8, 4) is 0 Å². The lowest BCUT2D eigenvalue weighted by Gasteiger charge is -2.27. The maximum absolute atomic E-state index is 12.2. The average molecular weight is 261 g/mol. The minimum atomic E-state index is -0.308. The topological polar surface area (TPSA) is 46.3 Å². The molecule has 1 atom stereocenters. The molecule has 0 spiro atoms. The normalized spacial score (nSPS) is 20.9. The first-order valence-corrected chi connectivity index (χ1v) is 6.62. The maximum atomic E-state index is 12.2. The molecular formula is C13H25ClN2O. The third kappa shape index (κ3) is 4.47. The fraction of sp³-hybridized carbons (Fsp3) is 0.923. The predicted molar refractivity (Wildman–Crippen MR) is 72.1 cm³/mol. The van der Waals surface area contributed by atoms with E-state index in [4.69, 9.17) is 5.73 Å². The number of halogens is 1. The highest BCUT2D eigenvalue weighted by Gasteiger charge is 2.33. The van der Waals surface area contributed by atoms with E-state index >= 15 is 0 Å². The van der Waals surface area contributed by atoms with Crippen LogP contribution < -0.4 is 5.73 Å². The van der Waals surface area contributed by atoms with E-state index in [0.29, 0.717) is 0 Å². The fourth-order valence-electron chi connectivity index (χ4n) is 1.97. The van der Waals surface area contributed by atoms with Gasteiger partial charge in [0.1, 0.15) is 0 Å². The van der Waals surface area contributed by atoms with Crippen molar-refractivity contribution in [3.63, 3.8) is 0 Å². The minimum absolute atomic E-state index is 0. The van der Waals surface area contributed by atoms with Gasteiger partial charge in [0.15, 0.2) is 0 Å². The molecule has 2 aliphatic carbocycles. The Morgan fingerprint density at radius 3 is 1.88 bits per heavy atom. The molecule has 1 amide bonds. The van der Waals surface area contributed by atoms with E-state index in [9.17, 15) is 4.79 Å². The van der Waals surface area contributed by atoms with Gasteiger partial charge in [0.05, 0.1) is 6.04 Å². The Kier molecular flexibility index (Phi) is 5.26. The van der Waals surface area contributed by atoms with Crippen molar-refractivity contribution in [2.45, 2.75) is 45.6 Å². The van der Waals surface area contributed by atoms with Gasteiger partial charge < -0.3 is 10.6 Å². The van der Waals surface area contributed by atoms with Gasteiger partial charge in [0, 0.05) is 13.1 Å². The Hall–Kier alpha value is -0.280. The van der Waals surface area contributed by atoms with Crippen LogP contribution in [0.2, 0.25) is 0 Å². The predicted octanol–water partition coefficient (Wildman–Crippen LogP) is 2.04. The molecule has 2 rings (SSSR count). The minimum Gasteiger partial charge on any atom is -0.341 e. The van der Waals surface area contributed by atoms with Gasteiger partial charge in [0.2, 0.25) is 5.91 Å². The van der Waals surface area contributed by atoms with Crippen LogP contribution in [0.3, 0.4) is 0 Å². The summed E-state index contributed by atoms with van der Waals surface area (Å²) in [7, 11) is 0. The van der Waals surface area contributed by atoms with Gasteiger partial charge in [-0.3, -0.25) is 4.79 Å². The zero-order chi connectivity index (χ0) is 11.7. The van der Waals surface area contributed by atoms with Gasteiger partial charge in [-0.15, -0.1) is 12.4 Å². The van der Waals surface area contributed by atoms with Crippen molar-refractivity contribution in [2.24, 2.45) is 23.5 Å². The lowest BCUT2D eigenvalue weighted by Crippen LogP contribution is -2.47. The molecule has 2 fully saturated rings. The van der Waals surface area contributed by atoms with Gasteiger partial charge in [-0.25, -0.2) is 0 Å². The standard InChI is InChI=1S/C13H24N2O.ClH/c1-9(2)12(14)13(16)15(7-10-3-4-10)8-11-5-6-11;/h9-12H,3-8,14H2,1-2H3;1H. The Morgan fingerprint density at radius 1 is 1.18 bits per heavy atom. The van der Waals surface area contributed by atoms with E-state index in [-0.39, 0.29) is 30.3 Å². The van der Waals surface area contributed by atoms with Gasteiger partial charge in [-0.2, -0.15) is 0 Å². The van der Waals surface area contributed by atoms with Crippen LogP contribution in [0.15, 0.2) is 0 Å². The summed E-state index contributed by atoms with van der Waals surface area (Å²) in [6, 6.07) is -0.308. The van der Waals surface area contributed by atoms with Crippen LogP contribution >= 0.6 is 12.4 Å². The highest BCUT2D eigenvalue weighted by Crippen LogP contribution is 2.34. The zero-order valence-electron chi connectivity index (χ0n) is 10.9. The summed E-state index contributed by atoms with van der Waals surface area (Å²) in [4.78, 5) is 14.3.